The van der Waals surface area contributed by atoms with Gasteiger partial charge in [0, 0.05) is 15.7 Å². The first-order valence-corrected chi connectivity index (χ1v) is 6.95. The quantitative estimate of drug-likeness (QED) is 0.874. The molecule has 2 aromatic rings. The van der Waals surface area contributed by atoms with E-state index in [9.17, 15) is 9.18 Å². The number of nitrogens with one attached hydrogen (secondary N) is 1. The van der Waals surface area contributed by atoms with Crippen LogP contribution in [0.15, 0.2) is 36.4 Å². The largest absolute Gasteiger partial charge is 0.378 e. The van der Waals surface area contributed by atoms with E-state index >= 15 is 0 Å². The zero-order valence-corrected chi connectivity index (χ0v) is 12.7. The molecule has 1 amide bonds. The lowest BCUT2D eigenvalue weighted by Crippen LogP contribution is -2.14. The second kappa shape index (κ2) is 6.33. The molecule has 0 spiro atoms. The molecule has 0 aliphatic rings. The summed E-state index contributed by atoms with van der Waals surface area (Å²) in [5.74, 6) is -1.47. The van der Waals surface area contributed by atoms with E-state index in [1.54, 1.807) is 18.2 Å². The van der Waals surface area contributed by atoms with Crippen LogP contribution < -0.4 is 11.1 Å². The Morgan fingerprint density at radius 3 is 2.62 bits per heavy atom. The third kappa shape index (κ3) is 3.65. The average molecular weight is 327 g/mol. The van der Waals surface area contributed by atoms with Gasteiger partial charge in [0.2, 0.25) is 0 Å². The molecule has 110 valence electrons. The molecule has 0 saturated heterocycles. The number of benzene rings is 2. The van der Waals surface area contributed by atoms with Crippen LogP contribution in [0.3, 0.4) is 0 Å². The van der Waals surface area contributed by atoms with E-state index in [1.807, 2.05) is 6.92 Å². The minimum atomic E-state index is -0.815. The molecule has 2 aromatic carbocycles. The Labute approximate surface area is 131 Å². The lowest BCUT2D eigenvalue weighted by Gasteiger charge is -2.18. The van der Waals surface area contributed by atoms with Gasteiger partial charge >= 0.3 is 0 Å². The molecule has 2 rings (SSSR count). The molecule has 0 bridgehead atoms. The van der Waals surface area contributed by atoms with Gasteiger partial charge in [0.25, 0.3) is 5.91 Å². The Kier molecular flexibility index (Phi) is 4.70. The van der Waals surface area contributed by atoms with Crippen LogP contribution in [0.25, 0.3) is 0 Å². The number of carbonyl (C=O) groups excluding carboxylic acids is 1. The minimum absolute atomic E-state index is 0.163. The molecule has 6 heteroatoms. The zero-order valence-electron chi connectivity index (χ0n) is 11.2. The van der Waals surface area contributed by atoms with Gasteiger partial charge in [-0.15, -0.1) is 0 Å². The number of anilines is 1. The molecule has 0 heterocycles. The fourth-order valence-electron chi connectivity index (χ4n) is 1.98. The number of amides is 1. The Bertz CT molecular complexity index is 691. The summed E-state index contributed by atoms with van der Waals surface area (Å²) in [6.07, 6.45) is 0. The summed E-state index contributed by atoms with van der Waals surface area (Å²) < 4.78 is 13.4. The van der Waals surface area contributed by atoms with Crippen LogP contribution in [0.2, 0.25) is 10.0 Å². The van der Waals surface area contributed by atoms with Crippen molar-refractivity contribution >= 4 is 34.8 Å². The highest BCUT2D eigenvalue weighted by atomic mass is 35.5. The first kappa shape index (κ1) is 15.6. The molecule has 1 unspecified atom stereocenters. The van der Waals surface area contributed by atoms with Gasteiger partial charge in [-0.3, -0.25) is 4.79 Å². The summed E-state index contributed by atoms with van der Waals surface area (Å²) in [4.78, 5) is 11.1. The SMILES string of the molecule is CC(Nc1ccc(F)c(C(N)=O)c1)c1cc(Cl)ccc1Cl. The lowest BCUT2D eigenvalue weighted by atomic mass is 10.1. The molecule has 3 N–H and O–H groups in total. The summed E-state index contributed by atoms with van der Waals surface area (Å²) in [7, 11) is 0. The van der Waals surface area contributed by atoms with Crippen LogP contribution in [0.4, 0.5) is 10.1 Å². The molecule has 1 atom stereocenters. The van der Waals surface area contributed by atoms with Gasteiger partial charge in [-0.05, 0) is 48.9 Å². The predicted octanol–water partition coefficient (Wildman–Crippen LogP) is 4.40. The Balaban J connectivity index is 2.27. The number of primary amides is 1. The van der Waals surface area contributed by atoms with Gasteiger partial charge in [-0.25, -0.2) is 4.39 Å². The number of halogens is 3. The predicted molar refractivity (Wildman–Crippen MR) is 83.4 cm³/mol. The number of carbonyl (C=O) groups is 1. The van der Waals surface area contributed by atoms with Crippen molar-refractivity contribution in [3.8, 4) is 0 Å². The second-order valence-electron chi connectivity index (χ2n) is 4.59. The van der Waals surface area contributed by atoms with Crippen molar-refractivity contribution < 1.29 is 9.18 Å². The van der Waals surface area contributed by atoms with E-state index in [1.165, 1.54) is 18.2 Å². The Morgan fingerprint density at radius 1 is 1.24 bits per heavy atom. The van der Waals surface area contributed by atoms with E-state index in [0.29, 0.717) is 15.7 Å². The molecule has 0 aliphatic carbocycles. The highest BCUT2D eigenvalue weighted by Crippen LogP contribution is 2.29. The number of hydrogen-bond donors (Lipinski definition) is 2. The third-order valence-electron chi connectivity index (χ3n) is 3.04. The minimum Gasteiger partial charge on any atom is -0.378 e. The van der Waals surface area contributed by atoms with Crippen molar-refractivity contribution in [2.45, 2.75) is 13.0 Å². The maximum Gasteiger partial charge on any atom is 0.251 e. The summed E-state index contributed by atoms with van der Waals surface area (Å²) in [6, 6.07) is 9.06. The first-order valence-electron chi connectivity index (χ1n) is 6.19. The van der Waals surface area contributed by atoms with E-state index in [4.69, 9.17) is 28.9 Å². The van der Waals surface area contributed by atoms with Crippen LogP contribution in [-0.2, 0) is 0 Å². The topological polar surface area (TPSA) is 55.1 Å². The molecule has 0 aliphatic heterocycles. The first-order chi connectivity index (χ1) is 9.88. The lowest BCUT2D eigenvalue weighted by molar-refractivity contribution is 0.0996. The number of nitrogens with two attached hydrogens (primary N) is 1. The van der Waals surface area contributed by atoms with Crippen LogP contribution >= 0.6 is 23.2 Å². The fourth-order valence-corrected chi connectivity index (χ4v) is 2.44. The van der Waals surface area contributed by atoms with Crippen molar-refractivity contribution in [1.29, 1.82) is 0 Å². The summed E-state index contributed by atoms with van der Waals surface area (Å²) in [5.41, 5.74) is 6.33. The van der Waals surface area contributed by atoms with Crippen LogP contribution in [0, 0.1) is 5.82 Å². The van der Waals surface area contributed by atoms with Crippen LogP contribution in [-0.4, -0.2) is 5.91 Å². The molecule has 0 fully saturated rings. The van der Waals surface area contributed by atoms with Gasteiger partial charge < -0.3 is 11.1 Å². The summed E-state index contributed by atoms with van der Waals surface area (Å²) in [6.45, 7) is 1.88. The van der Waals surface area contributed by atoms with Crippen LogP contribution in [0.5, 0.6) is 0 Å². The third-order valence-corrected chi connectivity index (χ3v) is 3.62. The molecule has 0 saturated carbocycles. The van der Waals surface area contributed by atoms with Crippen molar-refractivity contribution in [2.24, 2.45) is 5.73 Å². The summed E-state index contributed by atoms with van der Waals surface area (Å²) in [5, 5.41) is 4.27. The molecule has 3 nitrogen and oxygen atoms in total. The highest BCUT2D eigenvalue weighted by Gasteiger charge is 2.13. The molecule has 21 heavy (non-hydrogen) atoms. The van der Waals surface area contributed by atoms with Gasteiger partial charge in [0.05, 0.1) is 11.6 Å². The monoisotopic (exact) mass is 326 g/mol. The van der Waals surface area contributed by atoms with Crippen molar-refractivity contribution in [3.05, 3.63) is 63.4 Å². The van der Waals surface area contributed by atoms with E-state index in [2.05, 4.69) is 5.32 Å². The Morgan fingerprint density at radius 2 is 1.95 bits per heavy atom. The molecule has 0 aromatic heterocycles. The molecular weight excluding hydrogens is 314 g/mol. The van der Waals surface area contributed by atoms with E-state index in [0.717, 1.165) is 5.56 Å². The average Bonchev–Trinajstić information content (AvgIpc) is 2.43. The van der Waals surface area contributed by atoms with Gasteiger partial charge in [-0.1, -0.05) is 23.2 Å². The Hall–Kier alpha value is -1.78. The number of rotatable bonds is 4. The van der Waals surface area contributed by atoms with Gasteiger partial charge in [0.1, 0.15) is 5.82 Å². The van der Waals surface area contributed by atoms with E-state index < -0.39 is 11.7 Å². The van der Waals surface area contributed by atoms with E-state index in [-0.39, 0.29) is 11.6 Å². The molecular formula is C15H13Cl2FN2O. The normalized spacial score (nSPS) is 12.0. The highest BCUT2D eigenvalue weighted by molar-refractivity contribution is 6.33. The molecule has 0 radical (unpaired) electrons. The smallest absolute Gasteiger partial charge is 0.251 e. The number of hydrogen-bond acceptors (Lipinski definition) is 2. The summed E-state index contributed by atoms with van der Waals surface area (Å²) >= 11 is 12.1. The van der Waals surface area contributed by atoms with Gasteiger partial charge in [-0.2, -0.15) is 0 Å². The zero-order chi connectivity index (χ0) is 15.6. The van der Waals surface area contributed by atoms with Crippen LogP contribution in [0.1, 0.15) is 28.9 Å². The maximum atomic E-state index is 13.4. The fraction of sp³-hybridized carbons (Fsp3) is 0.133. The maximum absolute atomic E-state index is 13.4. The standard InChI is InChI=1S/C15H13Cl2FN2O/c1-8(11-6-9(16)2-4-13(11)17)20-10-3-5-14(18)12(7-10)15(19)21/h2-8,20H,1H3,(H2,19,21). The van der Waals surface area contributed by atoms with Crippen molar-refractivity contribution in [1.82, 2.24) is 0 Å². The van der Waals surface area contributed by atoms with Gasteiger partial charge in [0.15, 0.2) is 0 Å². The van der Waals surface area contributed by atoms with Crippen molar-refractivity contribution in [2.75, 3.05) is 5.32 Å². The van der Waals surface area contributed by atoms with Crippen molar-refractivity contribution in [3.63, 3.8) is 0 Å². The second-order valence-corrected chi connectivity index (χ2v) is 5.43.